The summed E-state index contributed by atoms with van der Waals surface area (Å²) >= 11 is 0. The maximum atomic E-state index is 12.4. The first-order chi connectivity index (χ1) is 9.38. The number of nitrogens with one attached hydrogen (secondary N) is 1. The second-order valence-electron chi connectivity index (χ2n) is 5.11. The van der Waals surface area contributed by atoms with Crippen LogP contribution < -0.4 is 11.1 Å². The van der Waals surface area contributed by atoms with E-state index in [4.69, 9.17) is 5.73 Å². The first-order valence-corrected chi connectivity index (χ1v) is 6.57. The molecule has 1 fully saturated rings. The third kappa shape index (κ3) is 3.50. The third-order valence-electron chi connectivity index (χ3n) is 3.65. The van der Waals surface area contributed by atoms with Gasteiger partial charge in [0.1, 0.15) is 0 Å². The monoisotopic (exact) mass is 286 g/mol. The second-order valence-corrected chi connectivity index (χ2v) is 5.11. The molecule has 1 amide bonds. The molecule has 3 N–H and O–H groups in total. The summed E-state index contributed by atoms with van der Waals surface area (Å²) in [7, 11) is 0. The Kier molecular flexibility index (Phi) is 4.32. The Bertz CT molecular complexity index is 470. The molecule has 1 aliphatic carbocycles. The van der Waals surface area contributed by atoms with Crippen LogP contribution in [0.4, 0.5) is 13.2 Å². The number of carbonyl (C=O) groups is 1. The van der Waals surface area contributed by atoms with Crippen LogP contribution >= 0.6 is 0 Å². The summed E-state index contributed by atoms with van der Waals surface area (Å²) in [4.78, 5) is 11.9. The lowest BCUT2D eigenvalue weighted by Crippen LogP contribution is -2.38. The van der Waals surface area contributed by atoms with Crippen LogP contribution in [0.25, 0.3) is 0 Å². The van der Waals surface area contributed by atoms with E-state index < -0.39 is 11.7 Å². The molecular formula is C14H17F3N2O. The van der Waals surface area contributed by atoms with E-state index in [0.29, 0.717) is 5.56 Å². The van der Waals surface area contributed by atoms with Gasteiger partial charge in [-0.05, 0) is 30.5 Å². The summed E-state index contributed by atoms with van der Waals surface area (Å²) in [6, 6.07) is 4.67. The molecule has 110 valence electrons. The minimum absolute atomic E-state index is 0.109. The van der Waals surface area contributed by atoms with Gasteiger partial charge in [0, 0.05) is 12.6 Å². The van der Waals surface area contributed by atoms with Crippen LogP contribution in [-0.2, 0) is 17.5 Å². The van der Waals surface area contributed by atoms with Gasteiger partial charge in [-0.2, -0.15) is 13.2 Å². The first-order valence-electron chi connectivity index (χ1n) is 6.57. The average molecular weight is 286 g/mol. The summed E-state index contributed by atoms with van der Waals surface area (Å²) in [5, 5.41) is 2.73. The molecule has 1 aromatic carbocycles. The summed E-state index contributed by atoms with van der Waals surface area (Å²) in [6.45, 7) is 0.222. The van der Waals surface area contributed by atoms with Gasteiger partial charge in [0.25, 0.3) is 0 Å². The topological polar surface area (TPSA) is 55.1 Å². The van der Waals surface area contributed by atoms with Crippen molar-refractivity contribution in [2.75, 3.05) is 0 Å². The predicted molar refractivity (Wildman–Crippen MR) is 68.6 cm³/mol. The molecule has 0 saturated heterocycles. The van der Waals surface area contributed by atoms with Crippen LogP contribution in [0.15, 0.2) is 24.3 Å². The lowest BCUT2D eigenvalue weighted by Gasteiger charge is -2.15. The number of carbonyl (C=O) groups excluding carboxylic acids is 1. The lowest BCUT2D eigenvalue weighted by atomic mass is 10.0. The molecule has 2 atom stereocenters. The highest BCUT2D eigenvalue weighted by Crippen LogP contribution is 2.29. The van der Waals surface area contributed by atoms with E-state index in [2.05, 4.69) is 5.32 Å². The Morgan fingerprint density at radius 2 is 1.90 bits per heavy atom. The van der Waals surface area contributed by atoms with Crippen LogP contribution in [0.2, 0.25) is 0 Å². The zero-order valence-electron chi connectivity index (χ0n) is 10.9. The fourth-order valence-corrected chi connectivity index (χ4v) is 2.45. The molecule has 0 radical (unpaired) electrons. The molecule has 0 bridgehead atoms. The number of nitrogens with two attached hydrogens (primary N) is 1. The Hall–Kier alpha value is -1.56. The van der Waals surface area contributed by atoms with E-state index in [1.165, 1.54) is 12.1 Å². The minimum atomic E-state index is -4.33. The van der Waals surface area contributed by atoms with Crippen molar-refractivity contribution in [3.63, 3.8) is 0 Å². The van der Waals surface area contributed by atoms with E-state index in [1.54, 1.807) is 0 Å². The summed E-state index contributed by atoms with van der Waals surface area (Å²) < 4.78 is 37.2. The molecule has 1 aromatic rings. The first kappa shape index (κ1) is 14.8. The van der Waals surface area contributed by atoms with E-state index >= 15 is 0 Å². The molecule has 0 aliphatic heterocycles. The van der Waals surface area contributed by atoms with E-state index in [-0.39, 0.29) is 24.4 Å². The zero-order valence-corrected chi connectivity index (χ0v) is 10.9. The summed E-state index contributed by atoms with van der Waals surface area (Å²) in [5.74, 6) is -0.292. The van der Waals surface area contributed by atoms with Crippen LogP contribution in [0.1, 0.15) is 30.4 Å². The second kappa shape index (κ2) is 5.83. The van der Waals surface area contributed by atoms with Crippen molar-refractivity contribution < 1.29 is 18.0 Å². The highest BCUT2D eigenvalue weighted by atomic mass is 19.4. The Morgan fingerprint density at radius 1 is 1.25 bits per heavy atom. The number of rotatable bonds is 3. The Morgan fingerprint density at radius 3 is 2.40 bits per heavy atom. The van der Waals surface area contributed by atoms with Gasteiger partial charge in [-0.3, -0.25) is 4.79 Å². The minimum Gasteiger partial charge on any atom is -0.352 e. The zero-order chi connectivity index (χ0) is 14.8. The van der Waals surface area contributed by atoms with Crippen molar-refractivity contribution in [2.24, 2.45) is 11.7 Å². The van der Waals surface area contributed by atoms with Crippen LogP contribution in [0.5, 0.6) is 0 Å². The molecule has 2 rings (SSSR count). The number of benzene rings is 1. The van der Waals surface area contributed by atoms with Crippen LogP contribution in [0.3, 0.4) is 0 Å². The van der Waals surface area contributed by atoms with Gasteiger partial charge in [0.05, 0.1) is 11.5 Å². The standard InChI is InChI=1S/C14H17F3N2O/c15-14(16,17)10-6-4-9(5-7-10)8-19-13(20)11-2-1-3-12(11)18/h4-7,11-12H,1-3,8,18H2,(H,19,20). The van der Waals surface area contributed by atoms with Gasteiger partial charge in [-0.25, -0.2) is 0 Å². The van der Waals surface area contributed by atoms with Crippen LogP contribution in [-0.4, -0.2) is 11.9 Å². The van der Waals surface area contributed by atoms with Crippen molar-refractivity contribution >= 4 is 5.91 Å². The molecule has 0 aromatic heterocycles. The number of hydrogen-bond donors (Lipinski definition) is 2. The maximum absolute atomic E-state index is 12.4. The molecule has 6 heteroatoms. The Balaban J connectivity index is 1.89. The van der Waals surface area contributed by atoms with E-state index in [0.717, 1.165) is 31.4 Å². The number of halogens is 3. The smallest absolute Gasteiger partial charge is 0.352 e. The van der Waals surface area contributed by atoms with Crippen molar-refractivity contribution in [3.05, 3.63) is 35.4 Å². The fourth-order valence-electron chi connectivity index (χ4n) is 2.45. The quantitative estimate of drug-likeness (QED) is 0.896. The third-order valence-corrected chi connectivity index (χ3v) is 3.65. The highest BCUT2D eigenvalue weighted by molar-refractivity contribution is 5.79. The average Bonchev–Trinajstić information content (AvgIpc) is 2.82. The molecule has 1 saturated carbocycles. The summed E-state index contributed by atoms with van der Waals surface area (Å²) in [5.41, 5.74) is 5.78. The largest absolute Gasteiger partial charge is 0.416 e. The molecule has 3 nitrogen and oxygen atoms in total. The molecule has 20 heavy (non-hydrogen) atoms. The predicted octanol–water partition coefficient (Wildman–Crippen LogP) is 2.45. The van der Waals surface area contributed by atoms with Gasteiger partial charge in [0.2, 0.25) is 5.91 Å². The Labute approximate surface area is 115 Å². The SMILES string of the molecule is NC1CCCC1C(=O)NCc1ccc(C(F)(F)F)cc1. The molecular weight excluding hydrogens is 269 g/mol. The van der Waals surface area contributed by atoms with Crippen molar-refractivity contribution in [1.82, 2.24) is 5.32 Å². The van der Waals surface area contributed by atoms with Gasteiger partial charge in [-0.1, -0.05) is 18.6 Å². The van der Waals surface area contributed by atoms with Gasteiger partial charge in [-0.15, -0.1) is 0 Å². The summed E-state index contributed by atoms with van der Waals surface area (Å²) in [6.07, 6.45) is -1.77. The lowest BCUT2D eigenvalue weighted by molar-refractivity contribution is -0.137. The van der Waals surface area contributed by atoms with Gasteiger partial charge in [0.15, 0.2) is 0 Å². The van der Waals surface area contributed by atoms with Gasteiger partial charge >= 0.3 is 6.18 Å². The number of amides is 1. The van der Waals surface area contributed by atoms with E-state index in [9.17, 15) is 18.0 Å². The van der Waals surface area contributed by atoms with Crippen molar-refractivity contribution in [3.8, 4) is 0 Å². The van der Waals surface area contributed by atoms with E-state index in [1.807, 2.05) is 0 Å². The maximum Gasteiger partial charge on any atom is 0.416 e. The molecule has 0 spiro atoms. The number of hydrogen-bond acceptors (Lipinski definition) is 2. The molecule has 0 heterocycles. The highest BCUT2D eigenvalue weighted by Gasteiger charge is 2.31. The van der Waals surface area contributed by atoms with Crippen molar-refractivity contribution in [2.45, 2.75) is 38.0 Å². The molecule has 2 unspecified atom stereocenters. The van der Waals surface area contributed by atoms with Crippen LogP contribution in [0, 0.1) is 5.92 Å². The van der Waals surface area contributed by atoms with Gasteiger partial charge < -0.3 is 11.1 Å². The fraction of sp³-hybridized carbons (Fsp3) is 0.500. The normalized spacial score (nSPS) is 22.8. The van der Waals surface area contributed by atoms with Crippen molar-refractivity contribution in [1.29, 1.82) is 0 Å². The number of alkyl halides is 3. The molecule has 1 aliphatic rings.